The molecule has 3 nitrogen and oxygen atoms in total. The van der Waals surface area contributed by atoms with Crippen molar-refractivity contribution in [3.8, 4) is 0 Å². The number of hydrogen-bond acceptors (Lipinski definition) is 3. The summed E-state index contributed by atoms with van der Waals surface area (Å²) in [7, 11) is 0. The summed E-state index contributed by atoms with van der Waals surface area (Å²) in [4.78, 5) is 0. The number of rotatable bonds is 5. The first kappa shape index (κ1) is 14.9. The summed E-state index contributed by atoms with van der Waals surface area (Å²) < 4.78 is 5.85. The molecule has 0 radical (unpaired) electrons. The van der Waals surface area contributed by atoms with Crippen LogP contribution in [0.3, 0.4) is 0 Å². The van der Waals surface area contributed by atoms with E-state index in [9.17, 15) is 0 Å². The largest absolute Gasteiger partial charge is 0.372 e. The van der Waals surface area contributed by atoms with Crippen LogP contribution in [0.5, 0.6) is 0 Å². The maximum Gasteiger partial charge on any atom is 0.0705 e. The van der Waals surface area contributed by atoms with Crippen LogP contribution in [0.25, 0.3) is 0 Å². The smallest absolute Gasteiger partial charge is 0.0705 e. The zero-order valence-corrected chi connectivity index (χ0v) is 12.2. The Balaban J connectivity index is 2.30. The molecule has 0 spiro atoms. The maximum absolute atomic E-state index is 5.85. The van der Waals surface area contributed by atoms with Crippen molar-refractivity contribution in [2.75, 3.05) is 13.1 Å². The molecule has 1 aliphatic heterocycles. The molecule has 17 heavy (non-hydrogen) atoms. The fraction of sp³-hybridized carbons (Fsp3) is 1.00. The van der Waals surface area contributed by atoms with Crippen molar-refractivity contribution < 1.29 is 4.74 Å². The summed E-state index contributed by atoms with van der Waals surface area (Å²) in [5, 5.41) is 3.64. The predicted molar refractivity (Wildman–Crippen MR) is 73.1 cm³/mol. The van der Waals surface area contributed by atoms with Crippen LogP contribution in [0.1, 0.15) is 53.9 Å². The second-order valence-corrected chi connectivity index (χ2v) is 7.20. The van der Waals surface area contributed by atoms with Crippen LogP contribution in [0.2, 0.25) is 0 Å². The summed E-state index contributed by atoms with van der Waals surface area (Å²) >= 11 is 0. The van der Waals surface area contributed by atoms with E-state index < -0.39 is 0 Å². The van der Waals surface area contributed by atoms with Gasteiger partial charge in [-0.05, 0) is 38.5 Å². The van der Waals surface area contributed by atoms with Gasteiger partial charge in [0, 0.05) is 18.6 Å². The molecule has 2 atom stereocenters. The SMILES string of the molecule is CC(C)(C)CC(C)(C)NCC1CCC(CN)O1. The van der Waals surface area contributed by atoms with E-state index in [2.05, 4.69) is 39.9 Å². The molecule has 1 heterocycles. The summed E-state index contributed by atoms with van der Waals surface area (Å²) in [6.45, 7) is 13.0. The highest BCUT2D eigenvalue weighted by molar-refractivity contribution is 4.85. The monoisotopic (exact) mass is 242 g/mol. The van der Waals surface area contributed by atoms with Crippen molar-refractivity contribution in [2.24, 2.45) is 11.1 Å². The Bertz CT molecular complexity index is 233. The van der Waals surface area contributed by atoms with E-state index in [1.807, 2.05) is 0 Å². The lowest BCUT2D eigenvalue weighted by atomic mass is 9.82. The average molecular weight is 242 g/mol. The minimum atomic E-state index is 0.169. The fourth-order valence-electron chi connectivity index (χ4n) is 2.88. The molecule has 3 N–H and O–H groups in total. The Labute approximate surface area is 106 Å². The zero-order valence-electron chi connectivity index (χ0n) is 12.2. The van der Waals surface area contributed by atoms with E-state index in [1.54, 1.807) is 0 Å². The van der Waals surface area contributed by atoms with Gasteiger partial charge >= 0.3 is 0 Å². The van der Waals surface area contributed by atoms with Crippen LogP contribution in [-0.4, -0.2) is 30.8 Å². The van der Waals surface area contributed by atoms with E-state index in [0.717, 1.165) is 25.8 Å². The lowest BCUT2D eigenvalue weighted by Crippen LogP contribution is -2.45. The number of nitrogens with two attached hydrogens (primary N) is 1. The molecule has 1 aliphatic rings. The standard InChI is InChI=1S/C14H30N2O/c1-13(2,3)10-14(4,5)16-9-12-7-6-11(8-15)17-12/h11-12,16H,6-10,15H2,1-5H3. The van der Waals surface area contributed by atoms with Crippen molar-refractivity contribution in [1.82, 2.24) is 5.32 Å². The van der Waals surface area contributed by atoms with Gasteiger partial charge in [-0.15, -0.1) is 0 Å². The minimum Gasteiger partial charge on any atom is -0.372 e. The van der Waals surface area contributed by atoms with Gasteiger partial charge in [-0.1, -0.05) is 20.8 Å². The Morgan fingerprint density at radius 1 is 1.12 bits per heavy atom. The van der Waals surface area contributed by atoms with Crippen LogP contribution in [-0.2, 0) is 4.74 Å². The third-order valence-corrected chi connectivity index (χ3v) is 3.24. The summed E-state index contributed by atoms with van der Waals surface area (Å²) in [6, 6.07) is 0. The first-order chi connectivity index (χ1) is 7.72. The molecule has 0 aromatic carbocycles. The van der Waals surface area contributed by atoms with Crippen LogP contribution >= 0.6 is 0 Å². The van der Waals surface area contributed by atoms with Crippen molar-refractivity contribution in [1.29, 1.82) is 0 Å². The third kappa shape index (κ3) is 5.84. The molecule has 0 bridgehead atoms. The van der Waals surface area contributed by atoms with Gasteiger partial charge < -0.3 is 15.8 Å². The summed E-state index contributed by atoms with van der Waals surface area (Å²) in [5.41, 5.74) is 6.14. The van der Waals surface area contributed by atoms with E-state index in [-0.39, 0.29) is 11.6 Å². The summed E-state index contributed by atoms with van der Waals surface area (Å²) in [5.74, 6) is 0. The van der Waals surface area contributed by atoms with Gasteiger partial charge in [0.15, 0.2) is 0 Å². The van der Waals surface area contributed by atoms with E-state index in [1.165, 1.54) is 0 Å². The molecule has 0 aromatic rings. The molecule has 3 heteroatoms. The maximum atomic E-state index is 5.85. The molecule has 2 unspecified atom stereocenters. The first-order valence-corrected chi connectivity index (χ1v) is 6.82. The van der Waals surface area contributed by atoms with Gasteiger partial charge in [-0.3, -0.25) is 0 Å². The molecular weight excluding hydrogens is 212 g/mol. The normalized spacial score (nSPS) is 26.5. The van der Waals surface area contributed by atoms with Gasteiger partial charge in [0.25, 0.3) is 0 Å². The van der Waals surface area contributed by atoms with E-state index in [0.29, 0.717) is 18.1 Å². The van der Waals surface area contributed by atoms with Gasteiger partial charge in [0.05, 0.1) is 12.2 Å². The molecule has 0 aromatic heterocycles. The lowest BCUT2D eigenvalue weighted by molar-refractivity contribution is 0.0445. The van der Waals surface area contributed by atoms with Gasteiger partial charge in [0.2, 0.25) is 0 Å². The Morgan fingerprint density at radius 3 is 2.18 bits per heavy atom. The molecule has 1 fully saturated rings. The second-order valence-electron chi connectivity index (χ2n) is 7.20. The molecule has 1 rings (SSSR count). The number of hydrogen-bond donors (Lipinski definition) is 2. The van der Waals surface area contributed by atoms with Gasteiger partial charge in [-0.25, -0.2) is 0 Å². The molecular formula is C14H30N2O. The minimum absolute atomic E-state index is 0.169. The molecule has 0 amide bonds. The van der Waals surface area contributed by atoms with Crippen molar-refractivity contribution >= 4 is 0 Å². The van der Waals surface area contributed by atoms with Crippen LogP contribution in [0.15, 0.2) is 0 Å². The fourth-order valence-corrected chi connectivity index (χ4v) is 2.88. The first-order valence-electron chi connectivity index (χ1n) is 6.82. The lowest BCUT2D eigenvalue weighted by Gasteiger charge is -2.34. The Hall–Kier alpha value is -0.120. The third-order valence-electron chi connectivity index (χ3n) is 3.24. The topological polar surface area (TPSA) is 47.3 Å². The number of ether oxygens (including phenoxy) is 1. The highest BCUT2D eigenvalue weighted by Gasteiger charge is 2.28. The highest BCUT2D eigenvalue weighted by Crippen LogP contribution is 2.27. The van der Waals surface area contributed by atoms with Crippen LogP contribution in [0.4, 0.5) is 0 Å². The molecule has 1 saturated heterocycles. The highest BCUT2D eigenvalue weighted by atomic mass is 16.5. The van der Waals surface area contributed by atoms with E-state index in [4.69, 9.17) is 10.5 Å². The van der Waals surface area contributed by atoms with Gasteiger partial charge in [0.1, 0.15) is 0 Å². The second kappa shape index (κ2) is 5.68. The van der Waals surface area contributed by atoms with Crippen LogP contribution in [0, 0.1) is 5.41 Å². The van der Waals surface area contributed by atoms with Gasteiger partial charge in [-0.2, -0.15) is 0 Å². The zero-order chi connectivity index (χ0) is 13.1. The number of nitrogens with one attached hydrogen (secondary N) is 1. The Morgan fingerprint density at radius 2 is 1.71 bits per heavy atom. The van der Waals surface area contributed by atoms with Crippen molar-refractivity contribution in [3.63, 3.8) is 0 Å². The summed E-state index contributed by atoms with van der Waals surface area (Å²) in [6.07, 6.45) is 4.05. The quantitative estimate of drug-likeness (QED) is 0.777. The molecule has 0 saturated carbocycles. The molecule has 0 aliphatic carbocycles. The van der Waals surface area contributed by atoms with Crippen molar-refractivity contribution in [3.05, 3.63) is 0 Å². The molecule has 102 valence electrons. The van der Waals surface area contributed by atoms with Crippen molar-refractivity contribution in [2.45, 2.75) is 71.6 Å². The van der Waals surface area contributed by atoms with E-state index >= 15 is 0 Å². The predicted octanol–water partition coefficient (Wildman–Crippen LogP) is 2.30. The van der Waals surface area contributed by atoms with Crippen LogP contribution < -0.4 is 11.1 Å². The Kier molecular flexibility index (Phi) is 4.99. The average Bonchev–Trinajstić information content (AvgIpc) is 2.58.